The van der Waals surface area contributed by atoms with Gasteiger partial charge < -0.3 is 5.32 Å². The van der Waals surface area contributed by atoms with Crippen molar-refractivity contribution in [2.75, 3.05) is 6.54 Å². The van der Waals surface area contributed by atoms with Crippen LogP contribution in [0, 0.1) is 0 Å². The van der Waals surface area contributed by atoms with Crippen LogP contribution in [-0.2, 0) is 4.79 Å². The molecule has 1 amide bonds. The van der Waals surface area contributed by atoms with Gasteiger partial charge in [-0.1, -0.05) is 23.3 Å². The van der Waals surface area contributed by atoms with Gasteiger partial charge in [-0.25, -0.2) is 0 Å². The highest BCUT2D eigenvalue weighted by atomic mass is 16.1. The molecule has 0 atom stereocenters. The molecule has 0 aromatic heterocycles. The van der Waals surface area contributed by atoms with Gasteiger partial charge in [0.25, 0.3) is 0 Å². The minimum Gasteiger partial charge on any atom is -0.353 e. The van der Waals surface area contributed by atoms with Crippen LogP contribution in [0.4, 0.5) is 0 Å². The van der Waals surface area contributed by atoms with E-state index in [0.29, 0.717) is 6.54 Å². The monoisotopic (exact) mass is 165 g/mol. The number of rotatable bonds is 2. The Morgan fingerprint density at radius 1 is 1.50 bits per heavy atom. The number of amides is 1. The van der Waals surface area contributed by atoms with E-state index in [1.54, 1.807) is 6.92 Å². The van der Waals surface area contributed by atoms with Gasteiger partial charge in [-0.05, 0) is 19.8 Å². The molecule has 66 valence electrons. The van der Waals surface area contributed by atoms with E-state index < -0.39 is 0 Å². The second-order valence-electron chi connectivity index (χ2n) is 3.25. The number of carbonyl (C=O) groups is 1. The number of hydrogen-bond donors (Lipinski definition) is 1. The maximum atomic E-state index is 10.6. The molecule has 0 aromatic carbocycles. The van der Waals surface area contributed by atoms with E-state index in [1.165, 1.54) is 11.1 Å². The van der Waals surface area contributed by atoms with Gasteiger partial charge in [-0.15, -0.1) is 0 Å². The van der Waals surface area contributed by atoms with Crippen molar-refractivity contribution >= 4 is 5.91 Å². The van der Waals surface area contributed by atoms with Gasteiger partial charge >= 0.3 is 0 Å². The zero-order valence-electron chi connectivity index (χ0n) is 7.68. The Morgan fingerprint density at radius 2 is 2.25 bits per heavy atom. The lowest BCUT2D eigenvalue weighted by atomic mass is 10.00. The third-order valence-electron chi connectivity index (χ3n) is 2.01. The van der Waals surface area contributed by atoms with E-state index in [9.17, 15) is 4.79 Å². The molecule has 0 saturated heterocycles. The molecule has 0 aromatic rings. The summed E-state index contributed by atoms with van der Waals surface area (Å²) >= 11 is 0. The maximum absolute atomic E-state index is 10.6. The predicted octanol–water partition coefficient (Wildman–Crippen LogP) is 1.79. The zero-order valence-corrected chi connectivity index (χ0v) is 7.68. The molecule has 1 aliphatic carbocycles. The molecule has 0 fully saturated rings. The zero-order chi connectivity index (χ0) is 8.97. The fraction of sp³-hybridized carbons (Fsp3) is 0.500. The standard InChI is InChI=1S/C10H15NO/c1-8-3-5-10(6-4-8)7-11-9(2)12/h3,5H,4,6-7H2,1-2H3,(H,11,12). The highest BCUT2D eigenvalue weighted by Crippen LogP contribution is 2.16. The SMILES string of the molecule is CC(=O)NCC1=CC=C(C)CC1. The highest BCUT2D eigenvalue weighted by Gasteiger charge is 2.02. The summed E-state index contributed by atoms with van der Waals surface area (Å²) in [5.74, 6) is 0.0437. The Labute approximate surface area is 73.4 Å². The number of nitrogens with one attached hydrogen (secondary N) is 1. The molecule has 0 heterocycles. The first-order chi connectivity index (χ1) is 5.68. The van der Waals surface area contributed by atoms with Crippen molar-refractivity contribution in [3.63, 3.8) is 0 Å². The van der Waals surface area contributed by atoms with Crippen LogP contribution >= 0.6 is 0 Å². The molecule has 0 radical (unpaired) electrons. The van der Waals surface area contributed by atoms with Crippen molar-refractivity contribution < 1.29 is 4.79 Å². The van der Waals surface area contributed by atoms with Gasteiger partial charge in [0.1, 0.15) is 0 Å². The molecule has 12 heavy (non-hydrogen) atoms. The van der Waals surface area contributed by atoms with E-state index in [2.05, 4.69) is 24.4 Å². The van der Waals surface area contributed by atoms with Crippen LogP contribution < -0.4 is 5.32 Å². The second kappa shape index (κ2) is 4.10. The van der Waals surface area contributed by atoms with Gasteiger partial charge in [-0.3, -0.25) is 4.79 Å². The Balaban J connectivity index is 2.39. The van der Waals surface area contributed by atoms with Gasteiger partial charge in [0.2, 0.25) is 5.91 Å². The van der Waals surface area contributed by atoms with Gasteiger partial charge in [0.15, 0.2) is 0 Å². The Bertz CT molecular complexity index is 238. The Hall–Kier alpha value is -1.05. The summed E-state index contributed by atoms with van der Waals surface area (Å²) in [5, 5.41) is 2.79. The summed E-state index contributed by atoms with van der Waals surface area (Å²) < 4.78 is 0. The third kappa shape index (κ3) is 2.91. The molecule has 2 heteroatoms. The molecule has 0 spiro atoms. The highest BCUT2D eigenvalue weighted by molar-refractivity contribution is 5.73. The first kappa shape index (κ1) is 9.04. The Kier molecular flexibility index (Phi) is 3.09. The smallest absolute Gasteiger partial charge is 0.217 e. The third-order valence-corrected chi connectivity index (χ3v) is 2.01. The first-order valence-electron chi connectivity index (χ1n) is 4.28. The molecule has 0 saturated carbocycles. The summed E-state index contributed by atoms with van der Waals surface area (Å²) in [6.07, 6.45) is 6.45. The van der Waals surface area contributed by atoms with Gasteiger partial charge in [0.05, 0.1) is 0 Å². The van der Waals surface area contributed by atoms with Crippen molar-refractivity contribution in [1.82, 2.24) is 5.32 Å². The number of carbonyl (C=O) groups excluding carboxylic acids is 1. The summed E-state index contributed by atoms with van der Waals surface area (Å²) in [6.45, 7) is 4.38. The van der Waals surface area contributed by atoms with E-state index in [4.69, 9.17) is 0 Å². The molecule has 0 bridgehead atoms. The van der Waals surface area contributed by atoms with E-state index in [1.807, 2.05) is 0 Å². The summed E-state index contributed by atoms with van der Waals surface area (Å²) in [5.41, 5.74) is 2.73. The molecule has 1 N–H and O–H groups in total. The van der Waals surface area contributed by atoms with Crippen LogP contribution in [0.5, 0.6) is 0 Å². The summed E-state index contributed by atoms with van der Waals surface area (Å²) in [4.78, 5) is 10.6. The van der Waals surface area contributed by atoms with Crippen LogP contribution in [-0.4, -0.2) is 12.5 Å². The lowest BCUT2D eigenvalue weighted by Gasteiger charge is -2.11. The molecule has 1 rings (SSSR count). The van der Waals surface area contributed by atoms with E-state index in [0.717, 1.165) is 12.8 Å². The van der Waals surface area contributed by atoms with Crippen molar-refractivity contribution in [2.45, 2.75) is 26.7 Å². The average molecular weight is 165 g/mol. The van der Waals surface area contributed by atoms with Crippen molar-refractivity contribution in [3.05, 3.63) is 23.3 Å². The predicted molar refractivity (Wildman–Crippen MR) is 49.8 cm³/mol. The molecular formula is C10H15NO. The molecule has 0 aliphatic heterocycles. The van der Waals surface area contributed by atoms with Gasteiger partial charge in [0, 0.05) is 13.5 Å². The van der Waals surface area contributed by atoms with Crippen LogP contribution in [0.15, 0.2) is 23.3 Å². The number of allylic oxidation sites excluding steroid dienone is 3. The summed E-state index contributed by atoms with van der Waals surface area (Å²) in [6, 6.07) is 0. The topological polar surface area (TPSA) is 29.1 Å². The van der Waals surface area contributed by atoms with E-state index in [-0.39, 0.29) is 5.91 Å². The summed E-state index contributed by atoms with van der Waals surface area (Å²) in [7, 11) is 0. The molecule has 2 nitrogen and oxygen atoms in total. The number of hydrogen-bond acceptors (Lipinski definition) is 1. The lowest BCUT2D eigenvalue weighted by molar-refractivity contribution is -0.118. The van der Waals surface area contributed by atoms with Crippen LogP contribution in [0.2, 0.25) is 0 Å². The maximum Gasteiger partial charge on any atom is 0.217 e. The van der Waals surface area contributed by atoms with Crippen LogP contribution in [0.25, 0.3) is 0 Å². The minimum atomic E-state index is 0.0437. The fourth-order valence-corrected chi connectivity index (χ4v) is 1.17. The second-order valence-corrected chi connectivity index (χ2v) is 3.25. The normalized spacial score (nSPS) is 16.5. The molecular weight excluding hydrogens is 150 g/mol. The lowest BCUT2D eigenvalue weighted by Crippen LogP contribution is -2.22. The Morgan fingerprint density at radius 3 is 2.75 bits per heavy atom. The van der Waals surface area contributed by atoms with Gasteiger partial charge in [-0.2, -0.15) is 0 Å². The largest absolute Gasteiger partial charge is 0.353 e. The molecule has 1 aliphatic rings. The quantitative estimate of drug-likeness (QED) is 0.664. The fourth-order valence-electron chi connectivity index (χ4n) is 1.17. The molecule has 0 unspecified atom stereocenters. The minimum absolute atomic E-state index is 0.0437. The van der Waals surface area contributed by atoms with E-state index >= 15 is 0 Å². The average Bonchev–Trinajstić information content (AvgIpc) is 2.03. The van der Waals surface area contributed by atoms with Crippen LogP contribution in [0.3, 0.4) is 0 Å². The van der Waals surface area contributed by atoms with Crippen molar-refractivity contribution in [2.24, 2.45) is 0 Å². The van der Waals surface area contributed by atoms with Crippen LogP contribution in [0.1, 0.15) is 26.7 Å². The first-order valence-corrected chi connectivity index (χ1v) is 4.28. The van der Waals surface area contributed by atoms with Crippen molar-refractivity contribution in [1.29, 1.82) is 0 Å². The van der Waals surface area contributed by atoms with Crippen molar-refractivity contribution in [3.8, 4) is 0 Å².